The molecule has 6 heteroatoms. The largest absolute Gasteiger partial charge is 0.456 e. The molecule has 5 nitrogen and oxygen atoms in total. The Hall–Kier alpha value is -6.73. The minimum Gasteiger partial charge on any atom is -0.456 e. The number of hydrogen-bond acceptors (Lipinski definition) is 5. The van der Waals surface area contributed by atoms with Crippen molar-refractivity contribution < 1.29 is 4.42 Å². The number of benzene rings is 7. The zero-order valence-electron chi connectivity index (χ0n) is 30.9. The number of hydrogen-bond donors (Lipinski definition) is 2. The highest BCUT2D eigenvalue weighted by atomic mass is 32.1. The van der Waals surface area contributed by atoms with E-state index >= 15 is 0 Å². The molecule has 3 aromatic heterocycles. The van der Waals surface area contributed by atoms with Gasteiger partial charge >= 0.3 is 0 Å². The van der Waals surface area contributed by atoms with Crippen molar-refractivity contribution in [2.45, 2.75) is 25.2 Å². The minimum atomic E-state index is -0.187. The average molecular weight is 753 g/mol. The molecular formula is C51H36N4OS. The highest BCUT2D eigenvalue weighted by Gasteiger charge is 2.27. The molecule has 0 saturated heterocycles. The van der Waals surface area contributed by atoms with E-state index in [1.807, 2.05) is 11.3 Å². The first kappa shape index (κ1) is 32.5. The summed E-state index contributed by atoms with van der Waals surface area (Å²) in [6, 6.07) is 58.6. The molecule has 0 amide bonds. The van der Waals surface area contributed by atoms with Gasteiger partial charge in [-0.1, -0.05) is 133 Å². The van der Waals surface area contributed by atoms with Crippen molar-refractivity contribution in [1.82, 2.24) is 15.2 Å². The zero-order chi connectivity index (χ0) is 37.5. The third kappa shape index (κ3) is 5.22. The van der Waals surface area contributed by atoms with Crippen LogP contribution in [0.25, 0.3) is 75.8 Å². The number of nitrogens with zero attached hydrogens (tertiary/aromatic N) is 2. The van der Waals surface area contributed by atoms with Gasteiger partial charge in [-0.2, -0.15) is 0 Å². The summed E-state index contributed by atoms with van der Waals surface area (Å²) in [5, 5.41) is 13.8. The number of nitrogens with one attached hydrogen (secondary N) is 2. The molecule has 4 heterocycles. The maximum absolute atomic E-state index is 6.62. The highest BCUT2D eigenvalue weighted by molar-refractivity contribution is 7.26. The number of amidine groups is 1. The van der Waals surface area contributed by atoms with Gasteiger partial charge in [0.1, 0.15) is 29.5 Å². The van der Waals surface area contributed by atoms with Crippen LogP contribution in [-0.4, -0.2) is 10.4 Å². The summed E-state index contributed by atoms with van der Waals surface area (Å²) in [6.07, 6.45) is 3.85. The number of aryl methyl sites for hydroxylation is 1. The van der Waals surface area contributed by atoms with Crippen molar-refractivity contribution in [1.29, 1.82) is 0 Å². The van der Waals surface area contributed by atoms with Crippen LogP contribution in [0, 0.1) is 0 Å². The SMILES string of the molecule is C1=C(n2c3ccccc3c3ccccc32)CCc2c1oc1ccc(-c3cccc4c3sc3c(C5=NC(c6ccccc6)NC(c6ccccc6)N5)cccc34)cc21. The van der Waals surface area contributed by atoms with Gasteiger partial charge in [-0.15, -0.1) is 11.3 Å². The zero-order valence-corrected chi connectivity index (χ0v) is 31.8. The molecule has 272 valence electrons. The number of rotatable bonds is 5. The molecule has 1 aliphatic heterocycles. The number of aromatic nitrogens is 1. The first-order valence-corrected chi connectivity index (χ1v) is 20.5. The second-order valence-electron chi connectivity index (χ2n) is 15.1. The lowest BCUT2D eigenvalue weighted by Gasteiger charge is -2.32. The molecule has 2 N–H and O–H groups in total. The first-order chi connectivity index (χ1) is 28.2. The molecule has 2 aliphatic rings. The summed E-state index contributed by atoms with van der Waals surface area (Å²) in [6.45, 7) is 0. The molecule has 57 heavy (non-hydrogen) atoms. The smallest absolute Gasteiger partial charge is 0.135 e. The van der Waals surface area contributed by atoms with Crippen LogP contribution in [-0.2, 0) is 6.42 Å². The molecular weight excluding hydrogens is 717 g/mol. The van der Waals surface area contributed by atoms with E-state index in [-0.39, 0.29) is 12.3 Å². The number of aliphatic imine (C=N–C) groups is 1. The quantitative estimate of drug-likeness (QED) is 0.184. The second-order valence-corrected chi connectivity index (χ2v) is 16.1. The van der Waals surface area contributed by atoms with Gasteiger partial charge in [0.15, 0.2) is 0 Å². The van der Waals surface area contributed by atoms with E-state index in [2.05, 4.69) is 185 Å². The minimum absolute atomic E-state index is 0.0930. The number of para-hydroxylation sites is 2. The van der Waals surface area contributed by atoms with Gasteiger partial charge in [0.05, 0.1) is 11.0 Å². The Morgan fingerprint density at radius 1 is 0.579 bits per heavy atom. The summed E-state index contributed by atoms with van der Waals surface area (Å²) in [7, 11) is 0. The van der Waals surface area contributed by atoms with Crippen LogP contribution in [0.15, 0.2) is 173 Å². The van der Waals surface area contributed by atoms with E-state index in [9.17, 15) is 0 Å². The van der Waals surface area contributed by atoms with E-state index in [4.69, 9.17) is 9.41 Å². The van der Waals surface area contributed by atoms with Crippen molar-refractivity contribution in [2.24, 2.45) is 4.99 Å². The molecule has 0 radical (unpaired) electrons. The Bertz CT molecular complexity index is 3210. The van der Waals surface area contributed by atoms with Crippen molar-refractivity contribution in [3.63, 3.8) is 0 Å². The van der Waals surface area contributed by atoms with Gasteiger partial charge in [0.25, 0.3) is 0 Å². The number of fused-ring (bicyclic) bond motifs is 9. The van der Waals surface area contributed by atoms with Crippen LogP contribution in [0.3, 0.4) is 0 Å². The van der Waals surface area contributed by atoms with Crippen LogP contribution >= 0.6 is 11.3 Å². The molecule has 0 spiro atoms. The van der Waals surface area contributed by atoms with E-state index in [1.165, 1.54) is 75.3 Å². The van der Waals surface area contributed by atoms with Gasteiger partial charge in [-0.25, -0.2) is 4.99 Å². The lowest BCUT2D eigenvalue weighted by atomic mass is 9.95. The van der Waals surface area contributed by atoms with Gasteiger partial charge in [0.2, 0.25) is 0 Å². The van der Waals surface area contributed by atoms with Crippen molar-refractivity contribution in [3.8, 4) is 11.1 Å². The van der Waals surface area contributed by atoms with Crippen LogP contribution in [0.2, 0.25) is 0 Å². The molecule has 12 rings (SSSR count). The van der Waals surface area contributed by atoms with Gasteiger partial charge < -0.3 is 14.3 Å². The Kier molecular flexibility index (Phi) is 7.37. The highest BCUT2D eigenvalue weighted by Crippen LogP contribution is 2.44. The van der Waals surface area contributed by atoms with Crippen molar-refractivity contribution in [3.05, 3.63) is 192 Å². The molecule has 7 aromatic carbocycles. The third-order valence-electron chi connectivity index (χ3n) is 11.8. The lowest BCUT2D eigenvalue weighted by Crippen LogP contribution is -2.44. The van der Waals surface area contributed by atoms with Crippen molar-refractivity contribution in [2.75, 3.05) is 0 Å². The number of furan rings is 1. The van der Waals surface area contributed by atoms with E-state index in [1.54, 1.807) is 0 Å². The summed E-state index contributed by atoms with van der Waals surface area (Å²) in [5.74, 6) is 1.86. The van der Waals surface area contributed by atoms with Gasteiger partial charge in [-0.3, -0.25) is 5.32 Å². The number of allylic oxidation sites excluding steroid dienone is 1. The van der Waals surface area contributed by atoms with Crippen LogP contribution < -0.4 is 10.6 Å². The van der Waals surface area contributed by atoms with Gasteiger partial charge in [0, 0.05) is 59.2 Å². The van der Waals surface area contributed by atoms with E-state index < -0.39 is 0 Å². The average Bonchev–Trinajstić information content (AvgIpc) is 3.96. The summed E-state index contributed by atoms with van der Waals surface area (Å²) in [5.41, 5.74) is 11.8. The maximum Gasteiger partial charge on any atom is 0.135 e. The molecule has 10 aromatic rings. The summed E-state index contributed by atoms with van der Waals surface area (Å²) < 4.78 is 11.6. The lowest BCUT2D eigenvalue weighted by molar-refractivity contribution is 0.409. The molecule has 0 bridgehead atoms. The summed E-state index contributed by atoms with van der Waals surface area (Å²) in [4.78, 5) is 5.30. The molecule has 2 atom stereocenters. The molecule has 0 saturated carbocycles. The summed E-state index contributed by atoms with van der Waals surface area (Å²) >= 11 is 1.86. The van der Waals surface area contributed by atoms with Gasteiger partial charge in [-0.05, 0) is 65.4 Å². The van der Waals surface area contributed by atoms with E-state index in [0.29, 0.717) is 0 Å². The first-order valence-electron chi connectivity index (χ1n) is 19.6. The predicted molar refractivity (Wildman–Crippen MR) is 238 cm³/mol. The Morgan fingerprint density at radius 3 is 1.95 bits per heavy atom. The molecule has 1 aliphatic carbocycles. The second kappa shape index (κ2) is 12.9. The van der Waals surface area contributed by atoms with Crippen molar-refractivity contribution >= 4 is 81.9 Å². The topological polar surface area (TPSA) is 54.5 Å². The fourth-order valence-electron chi connectivity index (χ4n) is 9.15. The van der Waals surface area contributed by atoms with Crippen LogP contribution in [0.1, 0.15) is 46.8 Å². The Morgan fingerprint density at radius 2 is 1.21 bits per heavy atom. The fraction of sp³-hybridized carbons (Fsp3) is 0.0784. The standard InChI is InChI=1S/C51H36N4OS/c1-3-13-31(14-4-1)49-52-50(32-15-5-2-6-16-32)54-51(53-49)41-22-12-21-40-39-20-11-19-35(47(39)57-48(40)41)33-25-28-45-42(29-33)38-27-26-34(30-46(38)56-45)55-43-23-9-7-17-36(43)37-18-8-10-24-44(37)55/h1-25,28-30,49-50,52H,26-27H2,(H,53,54). The third-order valence-corrected chi connectivity index (χ3v) is 13.1. The number of thiophene rings is 1. The monoisotopic (exact) mass is 752 g/mol. The van der Waals surface area contributed by atoms with Crippen LogP contribution in [0.5, 0.6) is 0 Å². The Balaban J connectivity index is 0.956. The Labute approximate surface area is 333 Å². The maximum atomic E-state index is 6.62. The van der Waals surface area contributed by atoms with Crippen LogP contribution in [0.4, 0.5) is 0 Å². The normalized spacial score (nSPS) is 16.9. The van der Waals surface area contributed by atoms with E-state index in [0.717, 1.165) is 41.1 Å². The fourth-order valence-corrected chi connectivity index (χ4v) is 10.5. The molecule has 2 unspecified atom stereocenters. The predicted octanol–water partition coefficient (Wildman–Crippen LogP) is 12.9. The molecule has 0 fully saturated rings.